The molecule has 1 amide bonds. The molecule has 5 heteroatoms. The van der Waals surface area contributed by atoms with Crippen LogP contribution < -0.4 is 0 Å². The van der Waals surface area contributed by atoms with Gasteiger partial charge in [0.2, 0.25) is 0 Å². The van der Waals surface area contributed by atoms with E-state index >= 15 is 0 Å². The maximum absolute atomic E-state index is 11.8. The number of hydrogen-bond acceptors (Lipinski definition) is 4. The van der Waals surface area contributed by atoms with Crippen molar-refractivity contribution in [3.8, 4) is 0 Å². The van der Waals surface area contributed by atoms with Crippen molar-refractivity contribution in [1.29, 1.82) is 0 Å². The Kier molecular flexibility index (Phi) is 2.85. The highest BCUT2D eigenvalue weighted by atomic mass is 16.6. The van der Waals surface area contributed by atoms with Crippen LogP contribution in [0.2, 0.25) is 0 Å². The topological polar surface area (TPSA) is 55.8 Å². The zero-order valence-electron chi connectivity index (χ0n) is 10.4. The van der Waals surface area contributed by atoms with Crippen molar-refractivity contribution in [3.05, 3.63) is 11.1 Å². The lowest BCUT2D eigenvalue weighted by molar-refractivity contribution is -0.136. The molecule has 5 nitrogen and oxygen atoms in total. The molecule has 0 aromatic heterocycles. The summed E-state index contributed by atoms with van der Waals surface area (Å²) in [5, 5.41) is 0. The second kappa shape index (κ2) is 4.05. The summed E-state index contributed by atoms with van der Waals surface area (Å²) < 4.78 is 10.2. The molecule has 2 aliphatic heterocycles. The molecule has 2 rings (SSSR count). The third-order valence-corrected chi connectivity index (χ3v) is 2.72. The van der Waals surface area contributed by atoms with Crippen LogP contribution in [-0.4, -0.2) is 42.3 Å². The van der Waals surface area contributed by atoms with Gasteiger partial charge >= 0.3 is 12.1 Å². The summed E-state index contributed by atoms with van der Waals surface area (Å²) >= 11 is 0. The van der Waals surface area contributed by atoms with Crippen LogP contribution in [0.4, 0.5) is 4.79 Å². The zero-order chi connectivity index (χ0) is 12.6. The van der Waals surface area contributed by atoms with Gasteiger partial charge in [0, 0.05) is 18.7 Å². The van der Waals surface area contributed by atoms with Gasteiger partial charge in [-0.15, -0.1) is 0 Å². The summed E-state index contributed by atoms with van der Waals surface area (Å²) in [4.78, 5) is 24.8. The van der Waals surface area contributed by atoms with E-state index in [1.807, 2.05) is 20.8 Å². The number of carbonyl (C=O) groups excluding carboxylic acids is 2. The van der Waals surface area contributed by atoms with Crippen LogP contribution >= 0.6 is 0 Å². The van der Waals surface area contributed by atoms with Crippen molar-refractivity contribution >= 4 is 12.1 Å². The minimum Gasteiger partial charge on any atom is -0.458 e. The number of nitrogens with zero attached hydrogens (tertiary/aromatic N) is 1. The van der Waals surface area contributed by atoms with Crippen LogP contribution in [0.5, 0.6) is 0 Å². The van der Waals surface area contributed by atoms with E-state index in [0.29, 0.717) is 26.1 Å². The molecule has 0 unspecified atom stereocenters. The van der Waals surface area contributed by atoms with Gasteiger partial charge in [-0.1, -0.05) is 0 Å². The van der Waals surface area contributed by atoms with E-state index in [1.165, 1.54) is 0 Å². The third kappa shape index (κ3) is 2.60. The molecule has 2 aliphatic rings. The summed E-state index contributed by atoms with van der Waals surface area (Å²) in [7, 11) is 0. The van der Waals surface area contributed by atoms with Gasteiger partial charge in [0.25, 0.3) is 0 Å². The Balaban J connectivity index is 2.01. The van der Waals surface area contributed by atoms with Gasteiger partial charge < -0.3 is 14.4 Å². The minimum atomic E-state index is -0.492. The molecular formula is C12H17NO4. The van der Waals surface area contributed by atoms with E-state index in [2.05, 4.69) is 0 Å². The summed E-state index contributed by atoms with van der Waals surface area (Å²) in [6.07, 6.45) is 0.233. The van der Waals surface area contributed by atoms with E-state index in [0.717, 1.165) is 11.1 Å². The second-order valence-electron chi connectivity index (χ2n) is 5.31. The SMILES string of the molecule is CC(C)(C)OC(=O)N1CCC2=C(COC2=O)C1. The van der Waals surface area contributed by atoms with E-state index in [-0.39, 0.29) is 12.1 Å². The first-order valence-electron chi connectivity index (χ1n) is 5.73. The van der Waals surface area contributed by atoms with Crippen molar-refractivity contribution < 1.29 is 19.1 Å². The fraction of sp³-hybridized carbons (Fsp3) is 0.667. The van der Waals surface area contributed by atoms with Gasteiger partial charge in [-0.05, 0) is 32.8 Å². The number of ether oxygens (including phenoxy) is 2. The quantitative estimate of drug-likeness (QED) is 0.601. The Morgan fingerprint density at radius 3 is 2.76 bits per heavy atom. The largest absolute Gasteiger partial charge is 0.458 e. The van der Waals surface area contributed by atoms with Crippen LogP contribution in [0.3, 0.4) is 0 Å². The number of rotatable bonds is 0. The summed E-state index contributed by atoms with van der Waals surface area (Å²) in [6.45, 7) is 6.78. The Bertz CT molecular complexity index is 392. The Morgan fingerprint density at radius 1 is 1.41 bits per heavy atom. The summed E-state index contributed by atoms with van der Waals surface area (Å²) in [5.74, 6) is -0.233. The normalized spacial score (nSPS) is 20.2. The Labute approximate surface area is 100 Å². The van der Waals surface area contributed by atoms with Gasteiger partial charge in [-0.25, -0.2) is 9.59 Å². The van der Waals surface area contributed by atoms with Crippen LogP contribution in [0.1, 0.15) is 27.2 Å². The monoisotopic (exact) mass is 239 g/mol. The predicted molar refractivity (Wildman–Crippen MR) is 60.4 cm³/mol. The molecule has 0 saturated carbocycles. The first kappa shape index (κ1) is 12.0. The second-order valence-corrected chi connectivity index (χ2v) is 5.31. The molecule has 0 spiro atoms. The van der Waals surface area contributed by atoms with E-state index in [9.17, 15) is 9.59 Å². The molecule has 0 atom stereocenters. The lowest BCUT2D eigenvalue weighted by Gasteiger charge is -2.29. The van der Waals surface area contributed by atoms with E-state index in [1.54, 1.807) is 4.90 Å². The molecule has 2 heterocycles. The Morgan fingerprint density at radius 2 is 2.12 bits per heavy atom. The van der Waals surface area contributed by atoms with Crippen LogP contribution in [0.15, 0.2) is 11.1 Å². The van der Waals surface area contributed by atoms with E-state index < -0.39 is 5.60 Å². The molecule has 0 radical (unpaired) electrons. The van der Waals surface area contributed by atoms with Crippen molar-refractivity contribution in [2.45, 2.75) is 32.8 Å². The number of hydrogen-bond donors (Lipinski definition) is 0. The highest BCUT2D eigenvalue weighted by Crippen LogP contribution is 2.25. The minimum absolute atomic E-state index is 0.233. The van der Waals surface area contributed by atoms with Crippen molar-refractivity contribution in [1.82, 2.24) is 4.90 Å². The maximum Gasteiger partial charge on any atom is 0.410 e. The molecule has 94 valence electrons. The zero-order valence-corrected chi connectivity index (χ0v) is 10.4. The lowest BCUT2D eigenvalue weighted by Crippen LogP contribution is -2.40. The van der Waals surface area contributed by atoms with Crippen molar-refractivity contribution in [3.63, 3.8) is 0 Å². The molecule has 17 heavy (non-hydrogen) atoms. The van der Waals surface area contributed by atoms with Crippen molar-refractivity contribution in [2.24, 2.45) is 0 Å². The summed E-state index contributed by atoms with van der Waals surface area (Å²) in [6, 6.07) is 0. The van der Waals surface area contributed by atoms with Crippen LogP contribution in [0.25, 0.3) is 0 Å². The third-order valence-electron chi connectivity index (χ3n) is 2.72. The number of esters is 1. The lowest BCUT2D eigenvalue weighted by atomic mass is 10.0. The number of cyclic esters (lactones) is 1. The van der Waals surface area contributed by atoms with Gasteiger partial charge in [-0.2, -0.15) is 0 Å². The molecule has 0 aromatic carbocycles. The first-order valence-corrected chi connectivity index (χ1v) is 5.73. The Hall–Kier alpha value is -1.52. The summed E-state index contributed by atoms with van der Waals surface area (Å²) in [5.41, 5.74) is 1.16. The average molecular weight is 239 g/mol. The predicted octanol–water partition coefficient (Wildman–Crippen LogP) is 1.48. The maximum atomic E-state index is 11.8. The van der Waals surface area contributed by atoms with Crippen molar-refractivity contribution in [2.75, 3.05) is 19.7 Å². The van der Waals surface area contributed by atoms with Gasteiger partial charge in [-0.3, -0.25) is 0 Å². The van der Waals surface area contributed by atoms with Gasteiger partial charge in [0.15, 0.2) is 0 Å². The van der Waals surface area contributed by atoms with E-state index in [4.69, 9.17) is 9.47 Å². The van der Waals surface area contributed by atoms with Gasteiger partial charge in [0.05, 0.1) is 0 Å². The number of amides is 1. The fourth-order valence-corrected chi connectivity index (χ4v) is 1.93. The molecule has 0 N–H and O–H groups in total. The first-order chi connectivity index (χ1) is 7.87. The molecule has 0 aliphatic carbocycles. The molecule has 0 fully saturated rings. The van der Waals surface area contributed by atoms with Gasteiger partial charge in [0.1, 0.15) is 12.2 Å². The fourth-order valence-electron chi connectivity index (χ4n) is 1.93. The average Bonchev–Trinajstić information content (AvgIpc) is 2.57. The molecule has 0 saturated heterocycles. The standard InChI is InChI=1S/C12H17NO4/c1-12(2,3)17-11(15)13-5-4-9-8(6-13)7-16-10(9)14/h4-7H2,1-3H3. The number of carbonyl (C=O) groups is 2. The molecular weight excluding hydrogens is 222 g/mol. The highest BCUT2D eigenvalue weighted by molar-refractivity contribution is 5.92. The smallest absolute Gasteiger partial charge is 0.410 e. The van der Waals surface area contributed by atoms with Crippen LogP contribution in [0, 0.1) is 0 Å². The molecule has 0 bridgehead atoms. The highest BCUT2D eigenvalue weighted by Gasteiger charge is 2.33. The molecule has 0 aromatic rings. The van der Waals surface area contributed by atoms with Crippen LogP contribution in [-0.2, 0) is 14.3 Å².